The van der Waals surface area contributed by atoms with Gasteiger partial charge in [-0.2, -0.15) is 0 Å². The maximum atomic E-state index is 12.6. The van der Waals surface area contributed by atoms with Crippen molar-refractivity contribution < 1.29 is 9.21 Å². The van der Waals surface area contributed by atoms with Gasteiger partial charge in [0.05, 0.1) is 18.6 Å². The van der Waals surface area contributed by atoms with Crippen LogP contribution in [0.3, 0.4) is 0 Å². The van der Waals surface area contributed by atoms with Gasteiger partial charge in [-0.25, -0.2) is 0 Å². The van der Waals surface area contributed by atoms with E-state index in [1.165, 1.54) is 17.3 Å². The first-order valence-corrected chi connectivity index (χ1v) is 10.5. The molecular formula is C23H21N3O2S. The number of nitrogens with zero attached hydrogens (tertiary/aromatic N) is 3. The Balaban J connectivity index is 1.55. The molecule has 5 nitrogen and oxygen atoms in total. The second-order valence-electron chi connectivity index (χ2n) is 6.62. The Kier molecular flexibility index (Phi) is 5.91. The molecule has 4 aromatic rings. The minimum absolute atomic E-state index is 0.0754. The molecule has 0 N–H and O–H groups in total. The average molecular weight is 404 g/mol. The van der Waals surface area contributed by atoms with E-state index >= 15 is 0 Å². The van der Waals surface area contributed by atoms with E-state index in [9.17, 15) is 4.79 Å². The van der Waals surface area contributed by atoms with Gasteiger partial charge in [0.25, 0.3) is 0 Å². The van der Waals surface area contributed by atoms with Gasteiger partial charge in [0.2, 0.25) is 5.82 Å². The molecule has 0 spiro atoms. The molecule has 0 amide bonds. The van der Waals surface area contributed by atoms with E-state index in [2.05, 4.69) is 29.3 Å². The van der Waals surface area contributed by atoms with E-state index < -0.39 is 0 Å². The van der Waals surface area contributed by atoms with Crippen LogP contribution in [-0.4, -0.2) is 26.3 Å². The summed E-state index contributed by atoms with van der Waals surface area (Å²) in [5, 5.41) is 9.33. The highest BCUT2D eigenvalue weighted by molar-refractivity contribution is 7.99. The molecule has 146 valence electrons. The Hall–Kier alpha value is -3.12. The molecule has 6 heteroatoms. The fraction of sp³-hybridized carbons (Fsp3) is 0.174. The smallest absolute Gasteiger partial charge is 0.200 e. The lowest BCUT2D eigenvalue weighted by Crippen LogP contribution is -2.07. The number of rotatable bonds is 8. The van der Waals surface area contributed by atoms with Crippen LogP contribution < -0.4 is 0 Å². The molecule has 0 aliphatic carbocycles. The summed E-state index contributed by atoms with van der Waals surface area (Å²) in [6, 6.07) is 21.6. The predicted molar refractivity (Wildman–Crippen MR) is 114 cm³/mol. The number of carbonyl (C=O) groups excluding carboxylic acids is 1. The molecule has 0 fully saturated rings. The molecule has 29 heavy (non-hydrogen) atoms. The first-order valence-electron chi connectivity index (χ1n) is 9.50. The minimum atomic E-state index is 0.0754. The first kappa shape index (κ1) is 19.2. The summed E-state index contributed by atoms with van der Waals surface area (Å²) in [5.41, 5.74) is 3.07. The SMILES string of the molecule is CCc1ccc(C(=O)CSc2nnc(-c3ccco3)n2Cc2ccccc2)cc1. The highest BCUT2D eigenvalue weighted by atomic mass is 32.2. The van der Waals surface area contributed by atoms with Gasteiger partial charge in [0.1, 0.15) is 0 Å². The third-order valence-electron chi connectivity index (χ3n) is 4.66. The van der Waals surface area contributed by atoms with Crippen molar-refractivity contribution in [3.63, 3.8) is 0 Å². The van der Waals surface area contributed by atoms with Crippen LogP contribution in [-0.2, 0) is 13.0 Å². The monoisotopic (exact) mass is 403 g/mol. The van der Waals surface area contributed by atoms with Gasteiger partial charge < -0.3 is 4.42 Å². The van der Waals surface area contributed by atoms with E-state index in [1.54, 1.807) is 6.26 Å². The van der Waals surface area contributed by atoms with E-state index in [0.29, 0.717) is 29.0 Å². The number of Topliss-reactive ketones (excluding diaryl/α,β-unsaturated/α-hetero) is 1. The van der Waals surface area contributed by atoms with E-state index in [4.69, 9.17) is 4.42 Å². The van der Waals surface area contributed by atoms with Crippen molar-refractivity contribution in [2.45, 2.75) is 25.0 Å². The number of hydrogen-bond donors (Lipinski definition) is 0. The van der Waals surface area contributed by atoms with E-state index in [1.807, 2.05) is 59.2 Å². The van der Waals surface area contributed by atoms with Gasteiger partial charge in [0.15, 0.2) is 16.7 Å². The van der Waals surface area contributed by atoms with Crippen molar-refractivity contribution in [3.8, 4) is 11.6 Å². The molecule has 0 aliphatic heterocycles. The summed E-state index contributed by atoms with van der Waals surface area (Å²) in [6.07, 6.45) is 2.58. The van der Waals surface area contributed by atoms with E-state index in [0.717, 1.165) is 17.5 Å². The van der Waals surface area contributed by atoms with Crippen LogP contribution in [0.25, 0.3) is 11.6 Å². The molecule has 0 saturated heterocycles. The van der Waals surface area contributed by atoms with Crippen LogP contribution >= 0.6 is 11.8 Å². The van der Waals surface area contributed by atoms with Crippen molar-refractivity contribution in [2.24, 2.45) is 0 Å². The Labute approximate surface area is 173 Å². The number of ketones is 1. The lowest BCUT2D eigenvalue weighted by Gasteiger charge is -2.09. The zero-order valence-electron chi connectivity index (χ0n) is 16.1. The third kappa shape index (κ3) is 4.49. The summed E-state index contributed by atoms with van der Waals surface area (Å²) in [4.78, 5) is 12.6. The van der Waals surface area contributed by atoms with Gasteiger partial charge in [-0.15, -0.1) is 10.2 Å². The minimum Gasteiger partial charge on any atom is -0.461 e. The molecule has 0 radical (unpaired) electrons. The molecule has 0 atom stereocenters. The van der Waals surface area contributed by atoms with Gasteiger partial charge in [-0.3, -0.25) is 9.36 Å². The maximum Gasteiger partial charge on any atom is 0.200 e. The predicted octanol–water partition coefficient (Wildman–Crippen LogP) is 5.12. The number of aryl methyl sites for hydroxylation is 1. The number of carbonyl (C=O) groups is 1. The van der Waals surface area contributed by atoms with Crippen molar-refractivity contribution in [3.05, 3.63) is 89.7 Å². The lowest BCUT2D eigenvalue weighted by atomic mass is 10.1. The number of aromatic nitrogens is 3. The number of hydrogen-bond acceptors (Lipinski definition) is 5. The molecule has 4 rings (SSSR count). The van der Waals surface area contributed by atoms with Crippen LogP contribution in [0, 0.1) is 0 Å². The molecule has 0 aliphatic rings. The summed E-state index contributed by atoms with van der Waals surface area (Å²) >= 11 is 1.40. The average Bonchev–Trinajstić information content (AvgIpc) is 3.43. The highest BCUT2D eigenvalue weighted by Crippen LogP contribution is 2.26. The molecule has 0 bridgehead atoms. The van der Waals surface area contributed by atoms with Crippen molar-refractivity contribution >= 4 is 17.5 Å². The van der Waals surface area contributed by atoms with Crippen molar-refractivity contribution in [2.75, 3.05) is 5.75 Å². The van der Waals surface area contributed by atoms with Crippen LogP contribution in [0.1, 0.15) is 28.4 Å². The Morgan fingerprint density at radius 3 is 2.45 bits per heavy atom. The second kappa shape index (κ2) is 8.92. The van der Waals surface area contributed by atoms with Gasteiger partial charge in [0, 0.05) is 5.56 Å². The molecule has 2 heterocycles. The van der Waals surface area contributed by atoms with Gasteiger partial charge in [-0.1, -0.05) is 73.3 Å². The standard InChI is InChI=1S/C23H21N3O2S/c1-2-17-10-12-19(13-11-17)20(27)16-29-23-25-24-22(21-9-6-14-28-21)26(23)15-18-7-4-3-5-8-18/h3-14H,2,15-16H2,1H3. The maximum absolute atomic E-state index is 12.6. The van der Waals surface area contributed by atoms with Crippen molar-refractivity contribution in [1.29, 1.82) is 0 Å². The fourth-order valence-corrected chi connectivity index (χ4v) is 3.86. The molecule has 0 saturated carbocycles. The quantitative estimate of drug-likeness (QED) is 0.302. The van der Waals surface area contributed by atoms with Gasteiger partial charge >= 0.3 is 0 Å². The molecule has 2 aromatic carbocycles. The van der Waals surface area contributed by atoms with E-state index in [-0.39, 0.29) is 5.78 Å². The number of thioether (sulfide) groups is 1. The van der Waals surface area contributed by atoms with Crippen molar-refractivity contribution in [1.82, 2.24) is 14.8 Å². The first-order chi connectivity index (χ1) is 14.2. The van der Waals surface area contributed by atoms with Crippen LogP contribution in [0.2, 0.25) is 0 Å². The summed E-state index contributed by atoms with van der Waals surface area (Å²) in [7, 11) is 0. The fourth-order valence-electron chi connectivity index (χ4n) is 3.03. The van der Waals surface area contributed by atoms with Crippen LogP contribution in [0.15, 0.2) is 82.6 Å². The Morgan fingerprint density at radius 1 is 0.966 bits per heavy atom. The van der Waals surface area contributed by atoms with Gasteiger partial charge in [-0.05, 0) is 29.7 Å². The highest BCUT2D eigenvalue weighted by Gasteiger charge is 2.18. The largest absolute Gasteiger partial charge is 0.461 e. The Morgan fingerprint density at radius 2 is 1.76 bits per heavy atom. The summed E-state index contributed by atoms with van der Waals surface area (Å²) in [5.74, 6) is 1.69. The number of benzene rings is 2. The molecule has 0 unspecified atom stereocenters. The zero-order valence-corrected chi connectivity index (χ0v) is 16.9. The van der Waals surface area contributed by atoms with Crippen LogP contribution in [0.5, 0.6) is 0 Å². The zero-order chi connectivity index (χ0) is 20.1. The van der Waals surface area contributed by atoms with Crippen LogP contribution in [0.4, 0.5) is 0 Å². The number of furan rings is 1. The molecule has 2 aromatic heterocycles. The second-order valence-corrected chi connectivity index (χ2v) is 7.56. The normalized spacial score (nSPS) is 10.9. The summed E-state index contributed by atoms with van der Waals surface area (Å²) < 4.78 is 7.52. The topological polar surface area (TPSA) is 60.9 Å². The lowest BCUT2D eigenvalue weighted by molar-refractivity contribution is 0.102. The molecular weight excluding hydrogens is 382 g/mol. The third-order valence-corrected chi connectivity index (χ3v) is 5.63. The summed E-state index contributed by atoms with van der Waals surface area (Å²) in [6.45, 7) is 2.70. The Bertz CT molecular complexity index is 1070.